The molecular weight excluding hydrogens is 270 g/mol. The second kappa shape index (κ2) is 6.83. The molecule has 1 saturated heterocycles. The molecule has 0 saturated carbocycles. The van der Waals surface area contributed by atoms with Gasteiger partial charge in [0.25, 0.3) is 0 Å². The first kappa shape index (κ1) is 15.7. The Morgan fingerprint density at radius 3 is 2.48 bits per heavy atom. The number of nitrogens with zero attached hydrogens (tertiary/aromatic N) is 1. The van der Waals surface area contributed by atoms with Gasteiger partial charge in [-0.1, -0.05) is 0 Å². The molecule has 1 aromatic carbocycles. The predicted octanol–water partition coefficient (Wildman–Crippen LogP) is 1.79. The zero-order valence-electron chi connectivity index (χ0n) is 13.0. The Kier molecular flexibility index (Phi) is 5.09. The zero-order chi connectivity index (χ0) is 15.4. The van der Waals surface area contributed by atoms with E-state index in [9.17, 15) is 5.11 Å². The van der Waals surface area contributed by atoms with Gasteiger partial charge in [-0.2, -0.15) is 0 Å². The lowest BCUT2D eigenvalue weighted by Crippen LogP contribution is -2.35. The first-order valence-corrected chi connectivity index (χ1v) is 6.96. The van der Waals surface area contributed by atoms with E-state index < -0.39 is 6.10 Å². The van der Waals surface area contributed by atoms with E-state index in [1.807, 2.05) is 25.3 Å². The first-order valence-electron chi connectivity index (χ1n) is 6.96. The van der Waals surface area contributed by atoms with Gasteiger partial charge in [0.1, 0.15) is 0 Å². The van der Waals surface area contributed by atoms with E-state index in [-0.39, 0.29) is 0 Å². The minimum atomic E-state index is -0.404. The smallest absolute Gasteiger partial charge is 0.203 e. The van der Waals surface area contributed by atoms with Crippen LogP contribution in [0.3, 0.4) is 0 Å². The van der Waals surface area contributed by atoms with Crippen molar-refractivity contribution in [3.8, 4) is 17.2 Å². The number of hydrogen-bond donors (Lipinski definition) is 1. The van der Waals surface area contributed by atoms with Crippen LogP contribution in [-0.4, -0.2) is 57.6 Å². The lowest BCUT2D eigenvalue weighted by molar-refractivity contribution is 0.145. The normalized spacial score (nSPS) is 21.4. The third-order valence-corrected chi connectivity index (χ3v) is 3.74. The standard InChI is InChI=1S/C16H23NO4/c1-17-8-7-13(18)12(10-17)9-11-5-6-14(19-2)16(21-4)15(11)20-3/h5-6,9,13,18H,7-8,10H2,1-4H3/b12-9+. The lowest BCUT2D eigenvalue weighted by Gasteiger charge is -2.29. The molecule has 5 heteroatoms. The third-order valence-electron chi connectivity index (χ3n) is 3.74. The maximum Gasteiger partial charge on any atom is 0.203 e. The fourth-order valence-corrected chi connectivity index (χ4v) is 2.60. The monoisotopic (exact) mass is 293 g/mol. The van der Waals surface area contributed by atoms with E-state index in [0.717, 1.165) is 30.6 Å². The van der Waals surface area contributed by atoms with Crippen LogP contribution < -0.4 is 14.2 Å². The van der Waals surface area contributed by atoms with Gasteiger partial charge in [0.2, 0.25) is 5.75 Å². The average molecular weight is 293 g/mol. The number of ether oxygens (including phenoxy) is 3. The summed E-state index contributed by atoms with van der Waals surface area (Å²) in [4.78, 5) is 2.19. The fraction of sp³-hybridized carbons (Fsp3) is 0.500. The summed E-state index contributed by atoms with van der Waals surface area (Å²) in [6.45, 7) is 1.65. The Hall–Kier alpha value is -1.72. The van der Waals surface area contributed by atoms with E-state index in [1.165, 1.54) is 0 Å². The van der Waals surface area contributed by atoms with Gasteiger partial charge in [-0.15, -0.1) is 0 Å². The molecule has 0 spiro atoms. The molecule has 1 fully saturated rings. The van der Waals surface area contributed by atoms with Crippen molar-refractivity contribution < 1.29 is 19.3 Å². The fourth-order valence-electron chi connectivity index (χ4n) is 2.60. The molecule has 0 aliphatic carbocycles. The van der Waals surface area contributed by atoms with Gasteiger partial charge in [-0.25, -0.2) is 0 Å². The Morgan fingerprint density at radius 1 is 1.14 bits per heavy atom. The Labute approximate surface area is 125 Å². The number of likely N-dealkylation sites (tertiary alicyclic amines) is 1. The summed E-state index contributed by atoms with van der Waals surface area (Å²) in [5.41, 5.74) is 1.86. The molecule has 1 unspecified atom stereocenters. The summed E-state index contributed by atoms with van der Waals surface area (Å²) < 4.78 is 16.1. The molecule has 1 atom stereocenters. The van der Waals surface area contributed by atoms with E-state index in [2.05, 4.69) is 4.90 Å². The van der Waals surface area contributed by atoms with Gasteiger partial charge in [0, 0.05) is 18.7 Å². The number of methoxy groups -OCH3 is 3. The molecule has 1 heterocycles. The van der Waals surface area contributed by atoms with Crippen LogP contribution in [0.2, 0.25) is 0 Å². The molecule has 2 rings (SSSR count). The second-order valence-electron chi connectivity index (χ2n) is 5.19. The maximum atomic E-state index is 10.1. The summed E-state index contributed by atoms with van der Waals surface area (Å²) in [5, 5.41) is 10.1. The number of benzene rings is 1. The third kappa shape index (κ3) is 3.31. The minimum Gasteiger partial charge on any atom is -0.493 e. The molecule has 0 radical (unpaired) electrons. The quantitative estimate of drug-likeness (QED) is 0.917. The molecule has 116 valence electrons. The SMILES string of the molecule is COc1ccc(/C=C2\CN(C)CCC2O)c(OC)c1OC. The summed E-state index contributed by atoms with van der Waals surface area (Å²) in [7, 11) is 6.82. The van der Waals surface area contributed by atoms with E-state index >= 15 is 0 Å². The minimum absolute atomic E-state index is 0.404. The van der Waals surface area contributed by atoms with Gasteiger partial charge < -0.3 is 24.2 Å². The molecule has 0 amide bonds. The molecular formula is C16H23NO4. The van der Waals surface area contributed by atoms with Crippen LogP contribution in [0.25, 0.3) is 6.08 Å². The van der Waals surface area contributed by atoms with Crippen molar-refractivity contribution in [1.29, 1.82) is 0 Å². The van der Waals surface area contributed by atoms with Crippen molar-refractivity contribution in [2.45, 2.75) is 12.5 Å². The van der Waals surface area contributed by atoms with Crippen molar-refractivity contribution in [3.63, 3.8) is 0 Å². The molecule has 1 aliphatic rings. The lowest BCUT2D eigenvalue weighted by atomic mass is 9.98. The number of aliphatic hydroxyl groups is 1. The first-order chi connectivity index (χ1) is 10.1. The summed E-state index contributed by atoms with van der Waals surface area (Å²) in [5.74, 6) is 1.80. The molecule has 0 bridgehead atoms. The number of rotatable bonds is 4. The Morgan fingerprint density at radius 2 is 1.86 bits per heavy atom. The number of hydrogen-bond acceptors (Lipinski definition) is 5. The largest absolute Gasteiger partial charge is 0.493 e. The number of aliphatic hydroxyl groups excluding tert-OH is 1. The van der Waals surface area contributed by atoms with Gasteiger partial charge in [-0.05, 0) is 37.3 Å². The number of piperidine rings is 1. The summed E-state index contributed by atoms with van der Waals surface area (Å²) in [6, 6.07) is 3.75. The van der Waals surface area contributed by atoms with Crippen molar-refractivity contribution in [1.82, 2.24) is 4.90 Å². The van der Waals surface area contributed by atoms with Crippen LogP contribution >= 0.6 is 0 Å². The highest BCUT2D eigenvalue weighted by Crippen LogP contribution is 2.40. The predicted molar refractivity (Wildman–Crippen MR) is 82.2 cm³/mol. The van der Waals surface area contributed by atoms with Crippen LogP contribution in [0, 0.1) is 0 Å². The van der Waals surface area contributed by atoms with Crippen molar-refractivity contribution in [2.24, 2.45) is 0 Å². The molecule has 0 aromatic heterocycles. The van der Waals surface area contributed by atoms with Gasteiger partial charge in [-0.3, -0.25) is 0 Å². The van der Waals surface area contributed by atoms with Gasteiger partial charge in [0.15, 0.2) is 11.5 Å². The van der Waals surface area contributed by atoms with Crippen LogP contribution in [-0.2, 0) is 0 Å². The zero-order valence-corrected chi connectivity index (χ0v) is 13.0. The summed E-state index contributed by atoms with van der Waals surface area (Å²) in [6.07, 6.45) is 2.32. The topological polar surface area (TPSA) is 51.2 Å². The highest BCUT2D eigenvalue weighted by Gasteiger charge is 2.21. The van der Waals surface area contributed by atoms with E-state index in [4.69, 9.17) is 14.2 Å². The number of likely N-dealkylation sites (N-methyl/N-ethyl adjacent to an activating group) is 1. The molecule has 1 aromatic rings. The van der Waals surface area contributed by atoms with Crippen LogP contribution in [0.15, 0.2) is 17.7 Å². The highest BCUT2D eigenvalue weighted by molar-refractivity contribution is 5.68. The van der Waals surface area contributed by atoms with Gasteiger partial charge in [0.05, 0.1) is 27.4 Å². The molecule has 21 heavy (non-hydrogen) atoms. The molecule has 1 N–H and O–H groups in total. The molecule has 5 nitrogen and oxygen atoms in total. The van der Waals surface area contributed by atoms with Crippen molar-refractivity contribution >= 4 is 6.08 Å². The highest BCUT2D eigenvalue weighted by atomic mass is 16.5. The average Bonchev–Trinajstić information content (AvgIpc) is 2.50. The van der Waals surface area contributed by atoms with Crippen LogP contribution in [0.1, 0.15) is 12.0 Å². The van der Waals surface area contributed by atoms with E-state index in [0.29, 0.717) is 17.2 Å². The van der Waals surface area contributed by atoms with Crippen LogP contribution in [0.4, 0.5) is 0 Å². The van der Waals surface area contributed by atoms with Gasteiger partial charge >= 0.3 is 0 Å². The van der Waals surface area contributed by atoms with Crippen molar-refractivity contribution in [3.05, 3.63) is 23.3 Å². The molecule has 1 aliphatic heterocycles. The van der Waals surface area contributed by atoms with Crippen molar-refractivity contribution in [2.75, 3.05) is 41.5 Å². The Balaban J connectivity index is 2.43. The van der Waals surface area contributed by atoms with E-state index in [1.54, 1.807) is 21.3 Å². The Bertz CT molecular complexity index is 527. The maximum absolute atomic E-state index is 10.1. The second-order valence-corrected chi connectivity index (χ2v) is 5.19. The van der Waals surface area contributed by atoms with Crippen LogP contribution in [0.5, 0.6) is 17.2 Å². The summed E-state index contributed by atoms with van der Waals surface area (Å²) >= 11 is 0.